The molecule has 0 aliphatic carbocycles. The fraction of sp³-hybridized carbons (Fsp3) is 0.308. The number of carbonyl (C=O) groups excluding carboxylic acids is 1. The predicted molar refractivity (Wildman–Crippen MR) is 73.6 cm³/mol. The van der Waals surface area contributed by atoms with Gasteiger partial charge in [0, 0.05) is 18.3 Å². The standard InChI is InChI=1S/C13H17N5O/c1-3-14-8-12(19)16-11-6-4-10(5-7-11)13-17-15-9-18(13)2/h4-7,9,14H,3,8H2,1-2H3,(H,16,19). The monoisotopic (exact) mass is 259 g/mol. The summed E-state index contributed by atoms with van der Waals surface area (Å²) in [4.78, 5) is 11.5. The Labute approximate surface area is 111 Å². The van der Waals surface area contributed by atoms with Crippen LogP contribution in [0.15, 0.2) is 30.6 Å². The number of hydrogen-bond acceptors (Lipinski definition) is 4. The van der Waals surface area contributed by atoms with Gasteiger partial charge in [-0.05, 0) is 30.8 Å². The third-order valence-corrected chi connectivity index (χ3v) is 2.67. The molecule has 1 amide bonds. The second kappa shape index (κ2) is 6.10. The van der Waals surface area contributed by atoms with Crippen molar-refractivity contribution < 1.29 is 4.79 Å². The van der Waals surface area contributed by atoms with Gasteiger partial charge in [-0.15, -0.1) is 10.2 Å². The van der Waals surface area contributed by atoms with Crippen LogP contribution < -0.4 is 10.6 Å². The smallest absolute Gasteiger partial charge is 0.238 e. The van der Waals surface area contributed by atoms with E-state index in [2.05, 4.69) is 20.8 Å². The molecule has 0 saturated carbocycles. The zero-order chi connectivity index (χ0) is 13.7. The molecule has 6 heteroatoms. The van der Waals surface area contributed by atoms with E-state index in [0.29, 0.717) is 6.54 Å². The van der Waals surface area contributed by atoms with Gasteiger partial charge in [-0.3, -0.25) is 4.79 Å². The number of anilines is 1. The number of carbonyl (C=O) groups is 1. The van der Waals surface area contributed by atoms with E-state index in [1.807, 2.05) is 42.8 Å². The fourth-order valence-corrected chi connectivity index (χ4v) is 1.69. The van der Waals surface area contributed by atoms with Gasteiger partial charge < -0.3 is 15.2 Å². The lowest BCUT2D eigenvalue weighted by Gasteiger charge is -2.06. The number of hydrogen-bond donors (Lipinski definition) is 2. The van der Waals surface area contributed by atoms with Crippen LogP contribution in [0.3, 0.4) is 0 Å². The number of aryl methyl sites for hydroxylation is 1. The molecule has 0 aliphatic rings. The van der Waals surface area contributed by atoms with E-state index in [-0.39, 0.29) is 5.91 Å². The Kier molecular flexibility index (Phi) is 4.25. The van der Waals surface area contributed by atoms with Gasteiger partial charge in [-0.2, -0.15) is 0 Å². The highest BCUT2D eigenvalue weighted by Gasteiger charge is 2.05. The van der Waals surface area contributed by atoms with Crippen LogP contribution in [-0.2, 0) is 11.8 Å². The van der Waals surface area contributed by atoms with Gasteiger partial charge in [-0.1, -0.05) is 6.92 Å². The number of aromatic nitrogens is 3. The first kappa shape index (κ1) is 13.2. The van der Waals surface area contributed by atoms with Gasteiger partial charge in [0.15, 0.2) is 5.82 Å². The molecule has 1 aromatic carbocycles. The molecular weight excluding hydrogens is 242 g/mol. The van der Waals surface area contributed by atoms with Crippen LogP contribution in [0.25, 0.3) is 11.4 Å². The average Bonchev–Trinajstić information content (AvgIpc) is 2.83. The number of amides is 1. The Morgan fingerprint density at radius 3 is 2.63 bits per heavy atom. The second-order valence-electron chi connectivity index (χ2n) is 4.17. The predicted octanol–water partition coefficient (Wildman–Crippen LogP) is 1.03. The summed E-state index contributed by atoms with van der Waals surface area (Å²) < 4.78 is 1.85. The normalized spacial score (nSPS) is 10.4. The van der Waals surface area contributed by atoms with Crippen molar-refractivity contribution in [2.24, 2.45) is 7.05 Å². The van der Waals surface area contributed by atoms with Crippen molar-refractivity contribution in [1.29, 1.82) is 0 Å². The Bertz CT molecular complexity index is 546. The van der Waals surface area contributed by atoms with Crippen LogP contribution in [0.1, 0.15) is 6.92 Å². The van der Waals surface area contributed by atoms with E-state index >= 15 is 0 Å². The number of likely N-dealkylation sites (N-methyl/N-ethyl adjacent to an activating group) is 1. The Balaban J connectivity index is 2.03. The molecule has 1 aromatic heterocycles. The molecule has 2 rings (SSSR count). The summed E-state index contributed by atoms with van der Waals surface area (Å²) in [6.45, 7) is 3.06. The van der Waals surface area contributed by atoms with Gasteiger partial charge in [0.25, 0.3) is 0 Å². The molecular formula is C13H17N5O. The lowest BCUT2D eigenvalue weighted by molar-refractivity contribution is -0.115. The minimum atomic E-state index is -0.0479. The Morgan fingerprint density at radius 1 is 1.32 bits per heavy atom. The molecule has 0 atom stereocenters. The minimum absolute atomic E-state index is 0.0479. The maximum Gasteiger partial charge on any atom is 0.238 e. The third kappa shape index (κ3) is 3.38. The van der Waals surface area contributed by atoms with Crippen molar-refractivity contribution in [1.82, 2.24) is 20.1 Å². The summed E-state index contributed by atoms with van der Waals surface area (Å²) in [5.74, 6) is 0.749. The Morgan fingerprint density at radius 2 is 2.05 bits per heavy atom. The van der Waals surface area contributed by atoms with E-state index in [1.165, 1.54) is 0 Å². The first-order valence-corrected chi connectivity index (χ1v) is 6.15. The summed E-state index contributed by atoms with van der Waals surface area (Å²) in [6.07, 6.45) is 1.65. The molecule has 0 radical (unpaired) electrons. The SMILES string of the molecule is CCNCC(=O)Nc1ccc(-c2nncn2C)cc1. The van der Waals surface area contributed by atoms with Gasteiger partial charge in [0.05, 0.1) is 6.54 Å². The van der Waals surface area contributed by atoms with Crippen molar-refractivity contribution in [2.75, 3.05) is 18.4 Å². The van der Waals surface area contributed by atoms with Gasteiger partial charge in [0.1, 0.15) is 6.33 Å². The molecule has 2 N–H and O–H groups in total. The highest BCUT2D eigenvalue weighted by atomic mass is 16.1. The third-order valence-electron chi connectivity index (χ3n) is 2.67. The van der Waals surface area contributed by atoms with Crippen molar-refractivity contribution in [2.45, 2.75) is 6.92 Å². The molecule has 0 saturated heterocycles. The molecule has 0 aliphatic heterocycles. The molecule has 2 aromatic rings. The topological polar surface area (TPSA) is 71.8 Å². The number of nitrogens with zero attached hydrogens (tertiary/aromatic N) is 3. The van der Waals surface area contributed by atoms with E-state index in [0.717, 1.165) is 23.6 Å². The molecule has 1 heterocycles. The lowest BCUT2D eigenvalue weighted by atomic mass is 10.2. The maximum atomic E-state index is 11.5. The van der Waals surface area contributed by atoms with E-state index in [4.69, 9.17) is 0 Å². The van der Waals surface area contributed by atoms with E-state index in [1.54, 1.807) is 6.33 Å². The quantitative estimate of drug-likeness (QED) is 0.841. The van der Waals surface area contributed by atoms with Crippen LogP contribution in [0.4, 0.5) is 5.69 Å². The van der Waals surface area contributed by atoms with Gasteiger partial charge in [0.2, 0.25) is 5.91 Å². The Hall–Kier alpha value is -2.21. The van der Waals surface area contributed by atoms with Crippen molar-refractivity contribution >= 4 is 11.6 Å². The lowest BCUT2D eigenvalue weighted by Crippen LogP contribution is -2.27. The van der Waals surface area contributed by atoms with Crippen LogP contribution in [-0.4, -0.2) is 33.8 Å². The summed E-state index contributed by atoms with van der Waals surface area (Å²) in [5.41, 5.74) is 1.73. The summed E-state index contributed by atoms with van der Waals surface area (Å²) in [7, 11) is 1.89. The highest BCUT2D eigenvalue weighted by Crippen LogP contribution is 2.18. The molecule has 6 nitrogen and oxygen atoms in total. The van der Waals surface area contributed by atoms with Crippen LogP contribution in [0.2, 0.25) is 0 Å². The fourth-order valence-electron chi connectivity index (χ4n) is 1.69. The average molecular weight is 259 g/mol. The van der Waals surface area contributed by atoms with Gasteiger partial charge >= 0.3 is 0 Å². The summed E-state index contributed by atoms with van der Waals surface area (Å²) >= 11 is 0. The second-order valence-corrected chi connectivity index (χ2v) is 4.17. The highest BCUT2D eigenvalue weighted by molar-refractivity contribution is 5.92. The van der Waals surface area contributed by atoms with Crippen LogP contribution in [0.5, 0.6) is 0 Å². The van der Waals surface area contributed by atoms with Crippen LogP contribution >= 0.6 is 0 Å². The van der Waals surface area contributed by atoms with Crippen molar-refractivity contribution in [3.8, 4) is 11.4 Å². The zero-order valence-corrected chi connectivity index (χ0v) is 11.1. The van der Waals surface area contributed by atoms with Gasteiger partial charge in [-0.25, -0.2) is 0 Å². The first-order valence-electron chi connectivity index (χ1n) is 6.15. The van der Waals surface area contributed by atoms with E-state index < -0.39 is 0 Å². The van der Waals surface area contributed by atoms with Crippen molar-refractivity contribution in [3.05, 3.63) is 30.6 Å². The largest absolute Gasteiger partial charge is 0.325 e. The molecule has 19 heavy (non-hydrogen) atoms. The van der Waals surface area contributed by atoms with Crippen molar-refractivity contribution in [3.63, 3.8) is 0 Å². The number of rotatable bonds is 5. The molecule has 0 spiro atoms. The van der Waals surface area contributed by atoms with E-state index in [9.17, 15) is 4.79 Å². The molecule has 0 bridgehead atoms. The number of nitrogens with one attached hydrogen (secondary N) is 2. The first-order chi connectivity index (χ1) is 9.20. The summed E-state index contributed by atoms with van der Waals surface area (Å²) in [6, 6.07) is 7.53. The minimum Gasteiger partial charge on any atom is -0.325 e. The zero-order valence-electron chi connectivity index (χ0n) is 11.1. The maximum absolute atomic E-state index is 11.5. The van der Waals surface area contributed by atoms with Crippen LogP contribution in [0, 0.1) is 0 Å². The molecule has 100 valence electrons. The number of benzene rings is 1. The summed E-state index contributed by atoms with van der Waals surface area (Å²) in [5, 5.41) is 13.7. The molecule has 0 unspecified atom stereocenters. The molecule has 0 fully saturated rings.